The van der Waals surface area contributed by atoms with Gasteiger partial charge in [0.05, 0.1) is 13.0 Å². The zero-order chi connectivity index (χ0) is 9.14. The van der Waals surface area contributed by atoms with E-state index in [0.717, 1.165) is 0 Å². The molecule has 13 heavy (non-hydrogen) atoms. The molecule has 0 atom stereocenters. The van der Waals surface area contributed by atoms with Crippen molar-refractivity contribution in [1.29, 1.82) is 0 Å². The first kappa shape index (κ1) is 12.8. The van der Waals surface area contributed by atoms with Crippen LogP contribution in [0.5, 0.6) is 5.75 Å². The Morgan fingerprint density at radius 1 is 1.54 bits per heavy atom. The second-order valence-electron chi connectivity index (χ2n) is 2.17. The van der Waals surface area contributed by atoms with E-state index in [1.807, 2.05) is 0 Å². The fourth-order valence-corrected chi connectivity index (χ4v) is 1.01. The average molecular weight is 208 g/mol. The minimum atomic E-state index is -0.775. The number of amides is 1. The largest absolute Gasteiger partial charge is 1.00 e. The maximum atomic E-state index is 10.7. The monoisotopic (exact) mass is 207 g/mol. The van der Waals surface area contributed by atoms with Gasteiger partial charge in [-0.1, -0.05) is 11.6 Å². The molecule has 1 amide bonds. The SMILES string of the molecule is COc1cc(Cl)ccc1C([NH-])=O.[Na+]. The van der Waals surface area contributed by atoms with Crippen molar-refractivity contribution in [3.63, 3.8) is 0 Å². The van der Waals surface area contributed by atoms with Crippen LogP contribution in [-0.4, -0.2) is 13.0 Å². The Labute approximate surface area is 103 Å². The molecule has 3 nitrogen and oxygen atoms in total. The standard InChI is InChI=1S/C8H8ClNO2.Na/c1-12-7-4-5(9)2-3-6(7)8(10)11;/h2-4H,1H3,(H2,10,11);/q;+1/p-1. The van der Waals surface area contributed by atoms with Crippen LogP contribution < -0.4 is 34.3 Å². The van der Waals surface area contributed by atoms with Gasteiger partial charge < -0.3 is 15.3 Å². The molecule has 0 aromatic heterocycles. The second-order valence-corrected chi connectivity index (χ2v) is 2.61. The molecule has 1 aromatic carbocycles. The summed E-state index contributed by atoms with van der Waals surface area (Å²) in [7, 11) is 1.43. The fourth-order valence-electron chi connectivity index (χ4n) is 0.853. The van der Waals surface area contributed by atoms with Crippen molar-refractivity contribution in [2.75, 3.05) is 7.11 Å². The van der Waals surface area contributed by atoms with Gasteiger partial charge in [0.25, 0.3) is 0 Å². The Bertz CT molecular complexity index is 317. The number of rotatable bonds is 2. The first-order valence-electron chi connectivity index (χ1n) is 3.24. The molecule has 0 unspecified atom stereocenters. The number of benzene rings is 1. The molecule has 0 spiro atoms. The third kappa shape index (κ3) is 3.19. The molecule has 0 saturated carbocycles. The molecule has 0 saturated heterocycles. The Balaban J connectivity index is 0.00000144. The van der Waals surface area contributed by atoms with Crippen molar-refractivity contribution in [3.05, 3.63) is 34.5 Å². The number of halogens is 1. The first-order chi connectivity index (χ1) is 5.65. The molecule has 0 radical (unpaired) electrons. The van der Waals surface area contributed by atoms with Gasteiger partial charge in [0.1, 0.15) is 5.75 Å². The Kier molecular flexibility index (Phi) is 5.40. The summed E-state index contributed by atoms with van der Waals surface area (Å²) in [6, 6.07) is 4.52. The van der Waals surface area contributed by atoms with Crippen molar-refractivity contribution >= 4 is 17.5 Å². The van der Waals surface area contributed by atoms with E-state index < -0.39 is 5.91 Å². The van der Waals surface area contributed by atoms with E-state index in [4.69, 9.17) is 22.1 Å². The predicted molar refractivity (Wildman–Crippen MR) is 46.7 cm³/mol. The molecule has 1 aromatic rings. The Morgan fingerprint density at radius 2 is 2.15 bits per heavy atom. The molecule has 0 heterocycles. The zero-order valence-corrected chi connectivity index (χ0v) is 10.2. The van der Waals surface area contributed by atoms with Gasteiger partial charge in [0.2, 0.25) is 0 Å². The molecule has 1 rings (SSSR count). The van der Waals surface area contributed by atoms with E-state index in [2.05, 4.69) is 0 Å². The van der Waals surface area contributed by atoms with Crippen LogP contribution in [0, 0.1) is 0 Å². The second kappa shape index (κ2) is 5.50. The van der Waals surface area contributed by atoms with Crippen LogP contribution in [0.4, 0.5) is 0 Å². The minimum Gasteiger partial charge on any atom is -0.663 e. The predicted octanol–water partition coefficient (Wildman–Crippen LogP) is -0.455. The molecule has 0 bridgehead atoms. The van der Waals surface area contributed by atoms with Crippen molar-refractivity contribution in [1.82, 2.24) is 0 Å². The molecule has 5 heteroatoms. The number of methoxy groups -OCH3 is 1. The van der Waals surface area contributed by atoms with Crippen LogP contribution in [0.2, 0.25) is 5.02 Å². The molecular weight excluding hydrogens is 201 g/mol. The van der Waals surface area contributed by atoms with Crippen molar-refractivity contribution in [3.8, 4) is 5.75 Å². The Hall–Kier alpha value is -0.220. The smallest absolute Gasteiger partial charge is 0.663 e. The van der Waals surface area contributed by atoms with Gasteiger partial charge in [-0.15, -0.1) is 0 Å². The van der Waals surface area contributed by atoms with Crippen LogP contribution in [0.15, 0.2) is 18.2 Å². The molecule has 1 N–H and O–H groups in total. The van der Waals surface area contributed by atoms with E-state index in [9.17, 15) is 4.79 Å². The third-order valence-corrected chi connectivity index (χ3v) is 1.64. The summed E-state index contributed by atoms with van der Waals surface area (Å²) in [6.45, 7) is 0. The fraction of sp³-hybridized carbons (Fsp3) is 0.125. The molecular formula is C8H7ClNNaO2. The quantitative estimate of drug-likeness (QED) is 0.617. The average Bonchev–Trinajstić information content (AvgIpc) is 2.03. The van der Waals surface area contributed by atoms with Crippen molar-refractivity contribution in [2.24, 2.45) is 0 Å². The summed E-state index contributed by atoms with van der Waals surface area (Å²) in [5.74, 6) is -0.439. The third-order valence-electron chi connectivity index (χ3n) is 1.41. The normalized spacial score (nSPS) is 8.77. The number of nitrogens with one attached hydrogen (secondary N) is 1. The molecule has 0 fully saturated rings. The zero-order valence-electron chi connectivity index (χ0n) is 7.43. The van der Waals surface area contributed by atoms with Gasteiger partial charge in [-0.3, -0.25) is 0 Å². The number of hydrogen-bond donors (Lipinski definition) is 0. The number of hydrogen-bond acceptors (Lipinski definition) is 2. The molecule has 0 aliphatic carbocycles. The molecule has 0 aliphatic rings. The van der Waals surface area contributed by atoms with Gasteiger partial charge in [-0.05, 0) is 18.2 Å². The van der Waals surface area contributed by atoms with Crippen LogP contribution in [-0.2, 0) is 0 Å². The molecule has 64 valence electrons. The summed E-state index contributed by atoms with van der Waals surface area (Å²) in [5.41, 5.74) is 7.10. The topological polar surface area (TPSA) is 50.1 Å². The number of carbonyl (C=O) groups is 1. The van der Waals surface area contributed by atoms with Crippen molar-refractivity contribution < 1.29 is 39.1 Å². The first-order valence-corrected chi connectivity index (χ1v) is 3.62. The van der Waals surface area contributed by atoms with E-state index >= 15 is 0 Å². The van der Waals surface area contributed by atoms with E-state index in [1.165, 1.54) is 19.2 Å². The van der Waals surface area contributed by atoms with Crippen LogP contribution in [0.3, 0.4) is 0 Å². The van der Waals surface area contributed by atoms with Gasteiger partial charge in [0, 0.05) is 10.6 Å². The van der Waals surface area contributed by atoms with Crippen LogP contribution >= 0.6 is 11.6 Å². The van der Waals surface area contributed by atoms with Crippen LogP contribution in [0.25, 0.3) is 5.73 Å². The van der Waals surface area contributed by atoms with Gasteiger partial charge in [0.15, 0.2) is 0 Å². The maximum Gasteiger partial charge on any atom is 1.00 e. The van der Waals surface area contributed by atoms with Crippen LogP contribution in [0.1, 0.15) is 10.4 Å². The minimum absolute atomic E-state index is 0. The summed E-state index contributed by atoms with van der Waals surface area (Å²) in [5, 5.41) is 0.483. The van der Waals surface area contributed by atoms with E-state index in [-0.39, 0.29) is 35.1 Å². The summed E-state index contributed by atoms with van der Waals surface area (Å²) in [4.78, 5) is 10.7. The number of ether oxygens (including phenoxy) is 1. The number of carbonyl (C=O) groups excluding carboxylic acids is 1. The van der Waals surface area contributed by atoms with E-state index in [0.29, 0.717) is 10.8 Å². The summed E-state index contributed by atoms with van der Waals surface area (Å²) < 4.78 is 4.86. The summed E-state index contributed by atoms with van der Waals surface area (Å²) >= 11 is 5.65. The van der Waals surface area contributed by atoms with E-state index in [1.54, 1.807) is 6.07 Å². The summed E-state index contributed by atoms with van der Waals surface area (Å²) in [6.07, 6.45) is 0. The van der Waals surface area contributed by atoms with Gasteiger partial charge in [-0.25, -0.2) is 0 Å². The molecule has 0 aliphatic heterocycles. The Morgan fingerprint density at radius 3 is 2.62 bits per heavy atom. The van der Waals surface area contributed by atoms with Crippen molar-refractivity contribution in [2.45, 2.75) is 0 Å². The maximum absolute atomic E-state index is 10.7. The van der Waals surface area contributed by atoms with Gasteiger partial charge >= 0.3 is 29.6 Å². The van der Waals surface area contributed by atoms with Gasteiger partial charge in [-0.2, -0.15) is 0 Å².